The van der Waals surface area contributed by atoms with Gasteiger partial charge in [-0.1, -0.05) is 0 Å². The monoisotopic (exact) mass is 225 g/mol. The fourth-order valence-corrected chi connectivity index (χ4v) is 1.04. The van der Waals surface area contributed by atoms with Gasteiger partial charge < -0.3 is 0 Å². The van der Waals surface area contributed by atoms with Crippen molar-refractivity contribution < 1.29 is 9.90 Å². The van der Waals surface area contributed by atoms with Gasteiger partial charge in [0.25, 0.3) is 0 Å². The van der Waals surface area contributed by atoms with Gasteiger partial charge in [-0.25, -0.2) is 0 Å². The van der Waals surface area contributed by atoms with E-state index in [1.54, 1.807) is 6.20 Å². The van der Waals surface area contributed by atoms with Gasteiger partial charge in [-0.2, -0.15) is 0 Å². The molecule has 0 saturated heterocycles. The van der Waals surface area contributed by atoms with Crippen LogP contribution in [-0.2, 0) is 4.79 Å². The van der Waals surface area contributed by atoms with E-state index in [1.165, 1.54) is 22.9 Å². The summed E-state index contributed by atoms with van der Waals surface area (Å²) in [5, 5.41) is 8.33. The van der Waals surface area contributed by atoms with Crippen LogP contribution in [0.1, 0.15) is 5.56 Å². The quantitative estimate of drug-likeness (QED) is 0.542. The van der Waals surface area contributed by atoms with E-state index in [0.29, 0.717) is 0 Å². The second kappa shape index (κ2) is 4.07. The van der Waals surface area contributed by atoms with Crippen LogP contribution >= 0.6 is 0 Å². The van der Waals surface area contributed by atoms with Crippen LogP contribution in [0.2, 0.25) is 0 Å². The Hall–Kier alpha value is -1.08. The van der Waals surface area contributed by atoms with Crippen LogP contribution in [0.15, 0.2) is 24.4 Å². The van der Waals surface area contributed by atoms with E-state index in [0.717, 1.165) is 16.1 Å². The van der Waals surface area contributed by atoms with E-state index in [2.05, 4.69) is 4.98 Å². The maximum atomic E-state index is 10.1. The summed E-state index contributed by atoms with van der Waals surface area (Å²) in [7, 11) is 0. The zero-order chi connectivity index (χ0) is 8.97. The Morgan fingerprint density at radius 1 is 1.58 bits per heavy atom. The number of carbonyl (C=O) groups is 1. The van der Waals surface area contributed by atoms with Gasteiger partial charge in [-0.05, 0) is 0 Å². The summed E-state index contributed by atoms with van der Waals surface area (Å²) in [5.74, 6) is -0.945. The van der Waals surface area contributed by atoms with Gasteiger partial charge >= 0.3 is 78.2 Å². The molecule has 0 aliphatic rings. The average Bonchev–Trinajstić information content (AvgIpc) is 2.03. The molecule has 0 amide bonds. The Morgan fingerprint density at radius 2 is 2.33 bits per heavy atom. The van der Waals surface area contributed by atoms with Crippen molar-refractivity contribution in [3.8, 4) is 0 Å². The van der Waals surface area contributed by atoms with Crippen molar-refractivity contribution in [2.75, 3.05) is 0 Å². The molecule has 62 valence electrons. The average molecular weight is 225 g/mol. The molecule has 0 aromatic carbocycles. The molecule has 0 aliphatic carbocycles. The molecule has 4 heteroatoms. The Labute approximate surface area is 78.6 Å². The van der Waals surface area contributed by atoms with Crippen molar-refractivity contribution in [3.05, 3.63) is 30.0 Å². The van der Waals surface area contributed by atoms with E-state index in [9.17, 15) is 4.79 Å². The first-order valence-corrected chi connectivity index (χ1v) is 4.52. The molecule has 0 bridgehead atoms. The first kappa shape index (κ1) is 9.01. The minimum absolute atomic E-state index is 0.804. The maximum absolute atomic E-state index is 10.1. The number of aliphatic carboxylic acids is 1. The van der Waals surface area contributed by atoms with E-state index >= 15 is 0 Å². The van der Waals surface area contributed by atoms with Crippen molar-refractivity contribution in [2.24, 2.45) is 0 Å². The molecular weight excluding hydrogens is 217 g/mol. The molecule has 1 heterocycles. The molecule has 12 heavy (non-hydrogen) atoms. The van der Waals surface area contributed by atoms with E-state index in [4.69, 9.17) is 5.11 Å². The standard InChI is InChI=1S/C8H8AsNO2/c9-7-3-1-6(5-10-7)2-4-8(11)12/h1-5H,9H2,(H,11,12). The first-order valence-electron chi connectivity index (χ1n) is 3.31. The molecule has 1 rings (SSSR count). The fraction of sp³-hybridized carbons (Fsp3) is 0. The molecule has 1 unspecified atom stereocenters. The summed E-state index contributed by atoms with van der Waals surface area (Å²) in [4.78, 5) is 14.2. The molecule has 1 atom stereocenters. The van der Waals surface area contributed by atoms with Gasteiger partial charge in [-0.3, -0.25) is 0 Å². The second-order valence-electron chi connectivity index (χ2n) is 2.19. The van der Waals surface area contributed by atoms with Crippen LogP contribution in [-0.4, -0.2) is 32.9 Å². The van der Waals surface area contributed by atoms with Crippen molar-refractivity contribution in [2.45, 2.75) is 0 Å². The number of nitrogens with zero attached hydrogens (tertiary/aromatic N) is 1. The fourth-order valence-electron chi connectivity index (χ4n) is 0.683. The third-order valence-corrected chi connectivity index (χ3v) is 1.94. The van der Waals surface area contributed by atoms with Crippen LogP contribution in [0, 0.1) is 0 Å². The van der Waals surface area contributed by atoms with Crippen molar-refractivity contribution in [3.63, 3.8) is 0 Å². The summed E-state index contributed by atoms with van der Waals surface area (Å²) in [6.07, 6.45) is 4.26. The molecule has 0 radical (unpaired) electrons. The number of hydrogen-bond acceptors (Lipinski definition) is 2. The van der Waals surface area contributed by atoms with Crippen LogP contribution < -0.4 is 4.48 Å². The molecule has 0 saturated carbocycles. The summed E-state index contributed by atoms with van der Waals surface area (Å²) < 4.78 is 0.981. The predicted molar refractivity (Wildman–Crippen MR) is 49.1 cm³/mol. The topological polar surface area (TPSA) is 50.2 Å². The van der Waals surface area contributed by atoms with Gasteiger partial charge in [0.15, 0.2) is 0 Å². The molecule has 1 N–H and O–H groups in total. The molecule has 0 aliphatic heterocycles. The number of aromatic nitrogens is 1. The zero-order valence-electron chi connectivity index (χ0n) is 6.27. The Kier molecular flexibility index (Phi) is 3.06. The van der Waals surface area contributed by atoms with Gasteiger partial charge in [0.2, 0.25) is 0 Å². The first-order chi connectivity index (χ1) is 5.68. The van der Waals surface area contributed by atoms with Gasteiger partial charge in [0.1, 0.15) is 0 Å². The summed E-state index contributed by atoms with van der Waals surface area (Å²) in [6, 6.07) is 3.70. The normalized spacial score (nSPS) is 10.4. The molecule has 0 fully saturated rings. The molecular formula is C8H8AsNO2. The zero-order valence-corrected chi connectivity index (χ0v) is 8.69. The van der Waals surface area contributed by atoms with E-state index in [-0.39, 0.29) is 0 Å². The van der Waals surface area contributed by atoms with Crippen molar-refractivity contribution in [1.29, 1.82) is 0 Å². The number of hydrogen-bond donors (Lipinski definition) is 1. The van der Waals surface area contributed by atoms with Crippen LogP contribution in [0.5, 0.6) is 0 Å². The SMILES string of the molecule is O=C(O)C=Cc1ccc([AsH2])nc1. The Balaban J connectivity index is 2.77. The third kappa shape index (κ3) is 2.89. The second-order valence-corrected chi connectivity index (χ2v) is 3.43. The van der Waals surface area contributed by atoms with E-state index in [1.807, 2.05) is 12.1 Å². The van der Waals surface area contributed by atoms with Gasteiger partial charge in [-0.15, -0.1) is 0 Å². The van der Waals surface area contributed by atoms with Crippen molar-refractivity contribution in [1.82, 2.24) is 4.98 Å². The molecule has 3 nitrogen and oxygen atoms in total. The molecule has 1 aromatic rings. The Morgan fingerprint density at radius 3 is 2.83 bits per heavy atom. The molecule has 0 spiro atoms. The summed E-state index contributed by atoms with van der Waals surface area (Å²) >= 11 is 1.45. The summed E-state index contributed by atoms with van der Waals surface area (Å²) in [5.41, 5.74) is 0.804. The number of rotatable bonds is 2. The Bertz CT molecular complexity index is 305. The minimum atomic E-state index is -0.945. The molecule has 1 aromatic heterocycles. The van der Waals surface area contributed by atoms with Crippen LogP contribution in [0.4, 0.5) is 0 Å². The van der Waals surface area contributed by atoms with Gasteiger partial charge in [0.05, 0.1) is 0 Å². The van der Waals surface area contributed by atoms with Crippen LogP contribution in [0.25, 0.3) is 6.08 Å². The number of pyridine rings is 1. The third-order valence-electron chi connectivity index (χ3n) is 1.23. The predicted octanol–water partition coefficient (Wildman–Crippen LogP) is -0.562. The summed E-state index contributed by atoms with van der Waals surface area (Å²) in [6.45, 7) is 0. The van der Waals surface area contributed by atoms with Crippen molar-refractivity contribution >= 4 is 33.4 Å². The van der Waals surface area contributed by atoms with E-state index < -0.39 is 5.97 Å². The number of carboxylic acid groups (broad SMARTS) is 1. The van der Waals surface area contributed by atoms with Crippen LogP contribution in [0.3, 0.4) is 0 Å². The van der Waals surface area contributed by atoms with Gasteiger partial charge in [0, 0.05) is 0 Å². The number of carboxylic acids is 1.